The predicted octanol–water partition coefficient (Wildman–Crippen LogP) is 5.50. The number of aryl methyl sites for hydroxylation is 1. The molecule has 186 valence electrons. The normalized spacial score (nSPS) is 16.1. The Hall–Kier alpha value is -3.75. The number of aromatic amines is 1. The van der Waals surface area contributed by atoms with E-state index in [1.807, 2.05) is 31.2 Å². The van der Waals surface area contributed by atoms with Crippen LogP contribution >= 0.6 is 11.6 Å². The van der Waals surface area contributed by atoms with E-state index in [-0.39, 0.29) is 11.3 Å². The lowest BCUT2D eigenvalue weighted by molar-refractivity contribution is -0.129. The molecule has 0 spiro atoms. The van der Waals surface area contributed by atoms with Gasteiger partial charge in [-0.05, 0) is 31.5 Å². The first kappa shape index (κ1) is 24.0. The molecule has 1 aliphatic rings. The van der Waals surface area contributed by atoms with Crippen molar-refractivity contribution in [1.82, 2.24) is 9.88 Å². The standard InChI is InChI=1S/C27H25ClN2O6/c1-14-21(17-7-4-5-8-18(17)29-14)23-22(25(32)27(33)30(23)9-6-10-34-2)24(31)19-12-15-11-16(28)13-20(35-3)26(15)36-19/h4-5,7-8,11-13,23,29,32H,6,9-10H2,1-3H3. The Morgan fingerprint density at radius 1 is 1.22 bits per heavy atom. The third-order valence-electron chi connectivity index (χ3n) is 6.50. The summed E-state index contributed by atoms with van der Waals surface area (Å²) in [7, 11) is 3.06. The van der Waals surface area contributed by atoms with Gasteiger partial charge in [-0.2, -0.15) is 0 Å². The lowest BCUT2D eigenvalue weighted by Crippen LogP contribution is -2.32. The molecule has 2 aromatic carbocycles. The van der Waals surface area contributed by atoms with E-state index in [0.29, 0.717) is 41.3 Å². The number of aliphatic hydroxyl groups excluding tert-OH is 1. The maximum absolute atomic E-state index is 13.9. The Balaban J connectivity index is 1.66. The summed E-state index contributed by atoms with van der Waals surface area (Å²) in [5.41, 5.74) is 2.74. The maximum atomic E-state index is 13.9. The van der Waals surface area contributed by atoms with Gasteiger partial charge < -0.3 is 28.9 Å². The molecule has 2 N–H and O–H groups in total. The summed E-state index contributed by atoms with van der Waals surface area (Å²) in [6, 6.07) is 11.6. The summed E-state index contributed by atoms with van der Waals surface area (Å²) in [4.78, 5) is 32.0. The van der Waals surface area contributed by atoms with Gasteiger partial charge in [-0.1, -0.05) is 29.8 Å². The van der Waals surface area contributed by atoms with E-state index in [9.17, 15) is 14.7 Å². The van der Waals surface area contributed by atoms with Crippen LogP contribution in [0.4, 0.5) is 0 Å². The number of methoxy groups -OCH3 is 2. The van der Waals surface area contributed by atoms with E-state index < -0.39 is 23.5 Å². The van der Waals surface area contributed by atoms with Crippen molar-refractivity contribution in [2.75, 3.05) is 27.4 Å². The van der Waals surface area contributed by atoms with E-state index in [1.165, 1.54) is 12.0 Å². The second-order valence-corrected chi connectivity index (χ2v) is 9.12. The molecule has 0 fully saturated rings. The minimum atomic E-state index is -0.809. The fourth-order valence-corrected chi connectivity index (χ4v) is 5.15. The van der Waals surface area contributed by atoms with E-state index >= 15 is 0 Å². The summed E-state index contributed by atoms with van der Waals surface area (Å²) in [6.45, 7) is 2.61. The number of nitrogens with one attached hydrogen (secondary N) is 1. The fraction of sp³-hybridized carbons (Fsp3) is 0.259. The minimum Gasteiger partial charge on any atom is -0.503 e. The number of ketones is 1. The molecule has 1 unspecified atom stereocenters. The Kier molecular flexibility index (Phi) is 6.24. The topological polar surface area (TPSA) is 105 Å². The highest BCUT2D eigenvalue weighted by Gasteiger charge is 2.45. The number of ether oxygens (including phenoxy) is 2. The molecule has 0 aliphatic carbocycles. The Morgan fingerprint density at radius 2 is 2.00 bits per heavy atom. The van der Waals surface area contributed by atoms with Crippen LogP contribution in [0.5, 0.6) is 5.75 Å². The number of Topliss-reactive ketones (excluding diaryl/α,β-unsaturated/α-hetero) is 1. The van der Waals surface area contributed by atoms with E-state index in [0.717, 1.165) is 22.2 Å². The SMILES string of the molecule is COCCCN1C(=O)C(O)=C(C(=O)c2cc3cc(Cl)cc(OC)c3o2)C1c1c(C)[nH]c2ccccc12. The van der Waals surface area contributed by atoms with Crippen molar-refractivity contribution < 1.29 is 28.6 Å². The minimum absolute atomic E-state index is 0.0267. The highest BCUT2D eigenvalue weighted by molar-refractivity contribution is 6.31. The second kappa shape index (κ2) is 9.37. The number of para-hydroxylation sites is 1. The zero-order valence-corrected chi connectivity index (χ0v) is 20.8. The molecule has 0 radical (unpaired) electrons. The molecule has 8 nitrogen and oxygen atoms in total. The molecule has 0 saturated carbocycles. The number of hydrogen-bond donors (Lipinski definition) is 2. The van der Waals surface area contributed by atoms with E-state index in [4.69, 9.17) is 25.5 Å². The summed E-state index contributed by atoms with van der Waals surface area (Å²) >= 11 is 6.18. The van der Waals surface area contributed by atoms with Crippen molar-refractivity contribution in [3.05, 3.63) is 75.8 Å². The molecule has 1 atom stereocenters. The average molecular weight is 509 g/mol. The molecule has 0 bridgehead atoms. The third-order valence-corrected chi connectivity index (χ3v) is 6.72. The van der Waals surface area contributed by atoms with Crippen LogP contribution in [-0.2, 0) is 9.53 Å². The van der Waals surface area contributed by atoms with Gasteiger partial charge in [0, 0.05) is 58.9 Å². The lowest BCUT2D eigenvalue weighted by atomic mass is 9.93. The molecule has 2 aromatic heterocycles. The van der Waals surface area contributed by atoms with Crippen LogP contribution in [0.2, 0.25) is 5.02 Å². The van der Waals surface area contributed by atoms with Crippen LogP contribution in [0.3, 0.4) is 0 Å². The lowest BCUT2D eigenvalue weighted by Gasteiger charge is -2.27. The molecule has 1 amide bonds. The second-order valence-electron chi connectivity index (χ2n) is 8.69. The first-order valence-electron chi connectivity index (χ1n) is 11.5. The van der Waals surface area contributed by atoms with Gasteiger partial charge in [0.2, 0.25) is 5.78 Å². The van der Waals surface area contributed by atoms with Gasteiger partial charge in [0.25, 0.3) is 5.91 Å². The first-order chi connectivity index (χ1) is 17.3. The molecule has 1 aliphatic heterocycles. The summed E-state index contributed by atoms with van der Waals surface area (Å²) < 4.78 is 16.4. The number of fused-ring (bicyclic) bond motifs is 2. The van der Waals surface area contributed by atoms with Crippen molar-refractivity contribution in [1.29, 1.82) is 0 Å². The van der Waals surface area contributed by atoms with Crippen LogP contribution in [-0.4, -0.2) is 54.1 Å². The summed E-state index contributed by atoms with van der Waals surface area (Å²) in [5.74, 6) is -1.43. The number of carbonyl (C=O) groups is 2. The largest absolute Gasteiger partial charge is 0.503 e. The number of nitrogens with zero attached hydrogens (tertiary/aromatic N) is 1. The van der Waals surface area contributed by atoms with Gasteiger partial charge in [-0.15, -0.1) is 0 Å². The zero-order valence-electron chi connectivity index (χ0n) is 20.1. The van der Waals surface area contributed by atoms with E-state index in [2.05, 4.69) is 4.98 Å². The molecule has 0 saturated heterocycles. The molecule has 9 heteroatoms. The number of furan rings is 1. The summed E-state index contributed by atoms with van der Waals surface area (Å²) in [6.07, 6.45) is 0.537. The Morgan fingerprint density at radius 3 is 2.75 bits per heavy atom. The van der Waals surface area contributed by atoms with Crippen molar-refractivity contribution in [3.8, 4) is 5.75 Å². The number of aromatic nitrogens is 1. The number of hydrogen-bond acceptors (Lipinski definition) is 6. The third kappa shape index (κ3) is 3.83. The van der Waals surface area contributed by atoms with Crippen LogP contribution in [0.15, 0.2) is 58.2 Å². The van der Waals surface area contributed by atoms with Crippen LogP contribution < -0.4 is 4.74 Å². The highest BCUT2D eigenvalue weighted by atomic mass is 35.5. The molecule has 4 aromatic rings. The molecule has 36 heavy (non-hydrogen) atoms. The van der Waals surface area contributed by atoms with Crippen LogP contribution in [0.25, 0.3) is 21.9 Å². The van der Waals surface area contributed by atoms with Crippen molar-refractivity contribution in [3.63, 3.8) is 0 Å². The number of carbonyl (C=O) groups excluding carboxylic acids is 2. The van der Waals surface area contributed by atoms with Gasteiger partial charge >= 0.3 is 0 Å². The smallest absolute Gasteiger partial charge is 0.290 e. The van der Waals surface area contributed by atoms with Crippen molar-refractivity contribution >= 4 is 45.2 Å². The number of halogens is 1. The zero-order chi connectivity index (χ0) is 25.6. The average Bonchev–Trinajstić information content (AvgIpc) is 3.50. The van der Waals surface area contributed by atoms with Gasteiger partial charge in [0.1, 0.15) is 0 Å². The van der Waals surface area contributed by atoms with Crippen molar-refractivity contribution in [2.24, 2.45) is 0 Å². The first-order valence-corrected chi connectivity index (χ1v) is 11.9. The molecule has 3 heterocycles. The molecular weight excluding hydrogens is 484 g/mol. The number of rotatable bonds is 8. The Labute approximate surface area is 212 Å². The Bertz CT molecular complexity index is 1530. The van der Waals surface area contributed by atoms with Crippen LogP contribution in [0.1, 0.15) is 34.3 Å². The molecule has 5 rings (SSSR count). The monoisotopic (exact) mass is 508 g/mol. The maximum Gasteiger partial charge on any atom is 0.290 e. The number of H-pyrrole nitrogens is 1. The number of amides is 1. The van der Waals surface area contributed by atoms with Gasteiger partial charge in [-0.25, -0.2) is 0 Å². The van der Waals surface area contributed by atoms with Crippen LogP contribution in [0, 0.1) is 6.92 Å². The number of aliphatic hydroxyl groups is 1. The predicted molar refractivity (Wildman–Crippen MR) is 136 cm³/mol. The number of benzene rings is 2. The van der Waals surface area contributed by atoms with Gasteiger partial charge in [0.15, 0.2) is 22.9 Å². The van der Waals surface area contributed by atoms with Gasteiger partial charge in [-0.3, -0.25) is 9.59 Å². The van der Waals surface area contributed by atoms with E-state index in [1.54, 1.807) is 25.3 Å². The van der Waals surface area contributed by atoms with Crippen molar-refractivity contribution in [2.45, 2.75) is 19.4 Å². The summed E-state index contributed by atoms with van der Waals surface area (Å²) in [5, 5.41) is 12.9. The highest BCUT2D eigenvalue weighted by Crippen LogP contribution is 2.44. The quantitative estimate of drug-likeness (QED) is 0.240. The fourth-order valence-electron chi connectivity index (χ4n) is 4.93. The van der Waals surface area contributed by atoms with Gasteiger partial charge in [0.05, 0.1) is 18.7 Å². The molecular formula is C27H25ClN2O6.